The normalized spacial score (nSPS) is 22.2. The van der Waals surface area contributed by atoms with E-state index in [-0.39, 0.29) is 17.6 Å². The van der Waals surface area contributed by atoms with Crippen molar-refractivity contribution in [3.05, 3.63) is 23.5 Å². The highest BCUT2D eigenvalue weighted by molar-refractivity contribution is 6.00. The molecule has 1 saturated carbocycles. The summed E-state index contributed by atoms with van der Waals surface area (Å²) in [4.78, 5) is 31.3. The average molecular weight is 414 g/mol. The number of nitriles is 1. The van der Waals surface area contributed by atoms with Crippen LogP contribution in [0.25, 0.3) is 0 Å². The van der Waals surface area contributed by atoms with Gasteiger partial charge in [-0.1, -0.05) is 0 Å². The van der Waals surface area contributed by atoms with E-state index in [4.69, 9.17) is 4.74 Å². The van der Waals surface area contributed by atoms with Gasteiger partial charge in [-0.2, -0.15) is 5.26 Å². The molecule has 8 heteroatoms. The molecule has 2 N–H and O–H groups in total. The summed E-state index contributed by atoms with van der Waals surface area (Å²) in [6.45, 7) is 10.6. The number of alkyl carbamates (subject to hydrolysis) is 1. The Bertz CT molecular complexity index is 869. The number of hydrogen-bond donors (Lipinski definition) is 2. The van der Waals surface area contributed by atoms with Crippen LogP contribution in [0.2, 0.25) is 0 Å². The molecule has 1 aliphatic heterocycles. The van der Waals surface area contributed by atoms with Crippen molar-refractivity contribution in [1.29, 1.82) is 5.26 Å². The fourth-order valence-electron chi connectivity index (χ4n) is 3.76. The van der Waals surface area contributed by atoms with Crippen LogP contribution in [0.5, 0.6) is 0 Å². The zero-order valence-electron chi connectivity index (χ0n) is 18.4. The van der Waals surface area contributed by atoms with Gasteiger partial charge in [0.15, 0.2) is 0 Å². The molecule has 2 aliphatic rings. The number of anilines is 1. The number of nitrogens with zero attached hydrogens (tertiary/aromatic N) is 3. The average Bonchev–Trinajstić information content (AvgIpc) is 3.42. The molecule has 1 aromatic heterocycles. The van der Waals surface area contributed by atoms with Crippen LogP contribution in [0.15, 0.2) is 12.3 Å². The second-order valence-electron chi connectivity index (χ2n) is 9.66. The van der Waals surface area contributed by atoms with E-state index in [9.17, 15) is 14.9 Å². The van der Waals surface area contributed by atoms with Gasteiger partial charge in [0.1, 0.15) is 17.4 Å². The number of amides is 2. The Balaban J connectivity index is 1.76. The van der Waals surface area contributed by atoms with Gasteiger partial charge in [-0.15, -0.1) is 0 Å². The molecule has 0 unspecified atom stereocenters. The van der Waals surface area contributed by atoms with Gasteiger partial charge in [0.2, 0.25) is 0 Å². The molecular weight excluding hydrogens is 382 g/mol. The van der Waals surface area contributed by atoms with Crippen molar-refractivity contribution in [1.82, 2.24) is 15.6 Å². The predicted octanol–water partition coefficient (Wildman–Crippen LogP) is 2.98. The van der Waals surface area contributed by atoms with Crippen LogP contribution in [0, 0.1) is 17.2 Å². The van der Waals surface area contributed by atoms with Gasteiger partial charge in [0.25, 0.3) is 5.91 Å². The van der Waals surface area contributed by atoms with Crippen LogP contribution in [0.1, 0.15) is 69.9 Å². The molecule has 2 atom stereocenters. The zero-order valence-corrected chi connectivity index (χ0v) is 18.4. The van der Waals surface area contributed by atoms with Gasteiger partial charge in [0, 0.05) is 25.3 Å². The number of hydrogen-bond acceptors (Lipinski definition) is 6. The van der Waals surface area contributed by atoms with Gasteiger partial charge in [0.05, 0.1) is 16.8 Å². The molecule has 3 rings (SSSR count). The standard InChI is InChI=1S/C22H31N5O3/c1-14(15-6-7-15)25-19(28)17-12-24-16(11-23)10-18(17)27-9-8-22(5,13-27)26-20(29)30-21(2,3)4/h10,12,14-15H,6-9,13H2,1-5H3,(H,25,28)(H,26,29)/t14-,22-/m0/s1. The lowest BCUT2D eigenvalue weighted by Gasteiger charge is -2.29. The molecule has 0 spiro atoms. The third kappa shape index (κ3) is 5.41. The summed E-state index contributed by atoms with van der Waals surface area (Å²) in [5.74, 6) is 0.354. The van der Waals surface area contributed by atoms with Crippen LogP contribution in [-0.2, 0) is 4.74 Å². The number of carbonyl (C=O) groups excluding carboxylic acids is 2. The minimum atomic E-state index is -0.574. The van der Waals surface area contributed by atoms with Gasteiger partial charge < -0.3 is 20.3 Å². The lowest BCUT2D eigenvalue weighted by Crippen LogP contribution is -2.49. The molecule has 8 nitrogen and oxygen atoms in total. The molecular formula is C22H31N5O3. The first kappa shape index (κ1) is 21.9. The first-order chi connectivity index (χ1) is 14.0. The number of pyridine rings is 1. The number of nitrogens with one attached hydrogen (secondary N) is 2. The van der Waals surface area contributed by atoms with Crippen molar-refractivity contribution in [2.24, 2.45) is 5.92 Å². The van der Waals surface area contributed by atoms with Crippen molar-refractivity contribution < 1.29 is 14.3 Å². The summed E-state index contributed by atoms with van der Waals surface area (Å²) in [6.07, 6.45) is 3.98. The molecule has 2 heterocycles. The first-order valence-electron chi connectivity index (χ1n) is 10.5. The third-order valence-electron chi connectivity index (χ3n) is 5.55. The molecule has 1 aromatic rings. The molecule has 162 valence electrons. The van der Waals surface area contributed by atoms with E-state index in [1.54, 1.807) is 6.07 Å². The van der Waals surface area contributed by atoms with E-state index in [0.29, 0.717) is 36.7 Å². The number of aromatic nitrogens is 1. The molecule has 1 saturated heterocycles. The van der Waals surface area contributed by atoms with Gasteiger partial charge >= 0.3 is 6.09 Å². The van der Waals surface area contributed by atoms with Crippen molar-refractivity contribution in [2.75, 3.05) is 18.0 Å². The lowest BCUT2D eigenvalue weighted by atomic mass is 10.0. The largest absolute Gasteiger partial charge is 0.444 e. The highest BCUT2D eigenvalue weighted by atomic mass is 16.6. The maximum atomic E-state index is 12.9. The van der Waals surface area contributed by atoms with Gasteiger partial charge in [-0.05, 0) is 65.9 Å². The van der Waals surface area contributed by atoms with Crippen LogP contribution in [0.3, 0.4) is 0 Å². The van der Waals surface area contributed by atoms with Gasteiger partial charge in [-0.3, -0.25) is 4.79 Å². The third-order valence-corrected chi connectivity index (χ3v) is 5.55. The predicted molar refractivity (Wildman–Crippen MR) is 113 cm³/mol. The Labute approximate surface area is 178 Å². The van der Waals surface area contributed by atoms with Crippen LogP contribution in [-0.4, -0.2) is 47.3 Å². The topological polar surface area (TPSA) is 107 Å². The summed E-state index contributed by atoms with van der Waals surface area (Å²) in [5, 5.41) is 15.3. The molecule has 1 aliphatic carbocycles. The Morgan fingerprint density at radius 3 is 2.70 bits per heavy atom. The fourth-order valence-corrected chi connectivity index (χ4v) is 3.76. The molecule has 0 aromatic carbocycles. The zero-order chi connectivity index (χ0) is 22.1. The van der Waals surface area contributed by atoms with Crippen LogP contribution >= 0.6 is 0 Å². The van der Waals surface area contributed by atoms with Crippen LogP contribution in [0.4, 0.5) is 10.5 Å². The Hall–Kier alpha value is -2.82. The van der Waals surface area contributed by atoms with E-state index >= 15 is 0 Å². The first-order valence-corrected chi connectivity index (χ1v) is 10.5. The Kier molecular flexibility index (Phi) is 5.93. The monoisotopic (exact) mass is 413 g/mol. The van der Waals surface area contributed by atoms with Gasteiger partial charge in [-0.25, -0.2) is 9.78 Å². The van der Waals surface area contributed by atoms with E-state index < -0.39 is 17.2 Å². The highest BCUT2D eigenvalue weighted by Crippen LogP contribution is 2.33. The fraction of sp³-hybridized carbons (Fsp3) is 0.636. The maximum absolute atomic E-state index is 12.9. The summed E-state index contributed by atoms with van der Waals surface area (Å²) < 4.78 is 5.39. The molecule has 2 fully saturated rings. The number of rotatable bonds is 5. The number of ether oxygens (including phenoxy) is 1. The summed E-state index contributed by atoms with van der Waals surface area (Å²) in [5.41, 5.74) is 0.285. The van der Waals surface area contributed by atoms with Crippen LogP contribution < -0.4 is 15.5 Å². The Morgan fingerprint density at radius 1 is 1.40 bits per heavy atom. The Morgan fingerprint density at radius 2 is 2.10 bits per heavy atom. The van der Waals surface area contributed by atoms with Crippen molar-refractivity contribution in [2.45, 2.75) is 71.1 Å². The smallest absolute Gasteiger partial charge is 0.408 e. The molecule has 30 heavy (non-hydrogen) atoms. The van der Waals surface area contributed by atoms with Crippen molar-refractivity contribution in [3.8, 4) is 6.07 Å². The molecule has 0 radical (unpaired) electrons. The number of carbonyl (C=O) groups is 2. The lowest BCUT2D eigenvalue weighted by molar-refractivity contribution is 0.0473. The maximum Gasteiger partial charge on any atom is 0.408 e. The molecule has 2 amide bonds. The SMILES string of the molecule is C[C@H](NC(=O)c1cnc(C#N)cc1N1CC[C@](C)(NC(=O)OC(C)(C)C)C1)C1CC1. The minimum absolute atomic E-state index is 0.110. The minimum Gasteiger partial charge on any atom is -0.444 e. The second kappa shape index (κ2) is 8.13. The van der Waals surface area contributed by atoms with E-state index in [2.05, 4.69) is 15.6 Å². The molecule has 0 bridgehead atoms. The second-order valence-corrected chi connectivity index (χ2v) is 9.66. The van der Waals surface area contributed by atoms with Crippen molar-refractivity contribution in [3.63, 3.8) is 0 Å². The summed E-state index contributed by atoms with van der Waals surface area (Å²) >= 11 is 0. The van der Waals surface area contributed by atoms with E-state index in [0.717, 1.165) is 12.8 Å². The summed E-state index contributed by atoms with van der Waals surface area (Å²) in [6, 6.07) is 3.80. The van der Waals surface area contributed by atoms with E-state index in [1.807, 2.05) is 45.6 Å². The van der Waals surface area contributed by atoms with E-state index in [1.165, 1.54) is 6.20 Å². The van der Waals surface area contributed by atoms with Crippen molar-refractivity contribution >= 4 is 17.7 Å². The summed E-state index contributed by atoms with van der Waals surface area (Å²) in [7, 11) is 0. The quantitative estimate of drug-likeness (QED) is 0.768. The highest BCUT2D eigenvalue weighted by Gasteiger charge is 2.38.